The predicted molar refractivity (Wildman–Crippen MR) is 62.6 cm³/mol. The third-order valence-electron chi connectivity index (χ3n) is 2.62. The van der Waals surface area contributed by atoms with Crippen LogP contribution in [0, 0.1) is 11.8 Å². The highest BCUT2D eigenvalue weighted by Crippen LogP contribution is 2.36. The molecule has 1 N–H and O–H groups in total. The van der Waals surface area contributed by atoms with E-state index in [2.05, 4.69) is 45.7 Å². The summed E-state index contributed by atoms with van der Waals surface area (Å²) in [5, 5.41) is 9.15. The molecule has 0 bridgehead atoms. The van der Waals surface area contributed by atoms with Crippen LogP contribution in [0.3, 0.4) is 0 Å². The monoisotopic (exact) mass is 214 g/mol. The molecule has 0 aliphatic heterocycles. The van der Waals surface area contributed by atoms with Gasteiger partial charge >= 0.3 is 0 Å². The Balaban J connectivity index is 4.10. The van der Waals surface area contributed by atoms with Gasteiger partial charge < -0.3 is 9.53 Å². The number of hydrogen-bond acceptors (Lipinski definition) is 2. The Morgan fingerprint density at radius 1 is 1.36 bits per heavy atom. The molecule has 1 atom stereocenters. The third kappa shape index (κ3) is 4.80. The van der Waals surface area contributed by atoms with E-state index in [0.717, 1.165) is 0 Å². The van der Waals surface area contributed by atoms with Crippen LogP contribution in [-0.2, 0) is 4.43 Å². The molecule has 82 valence electrons. The molecular weight excluding hydrogens is 192 g/mol. The molecule has 14 heavy (non-hydrogen) atoms. The van der Waals surface area contributed by atoms with Crippen LogP contribution < -0.4 is 0 Å². The molecule has 3 heteroatoms. The van der Waals surface area contributed by atoms with Crippen molar-refractivity contribution in [1.82, 2.24) is 0 Å². The van der Waals surface area contributed by atoms with E-state index in [-0.39, 0.29) is 5.04 Å². The fraction of sp³-hybridized carbons (Fsp3) is 0.818. The Kier molecular flexibility index (Phi) is 4.86. The molecule has 0 aliphatic carbocycles. The molecular formula is C11H22O2Si. The summed E-state index contributed by atoms with van der Waals surface area (Å²) in [4.78, 5) is 0. The number of hydrogen-bond donors (Lipinski definition) is 1. The predicted octanol–water partition coefficient (Wildman–Crippen LogP) is 2.39. The maximum absolute atomic E-state index is 8.92. The Hall–Kier alpha value is -0.303. The van der Waals surface area contributed by atoms with Crippen LogP contribution in [0.5, 0.6) is 0 Å². The summed E-state index contributed by atoms with van der Waals surface area (Å²) in [7, 11) is -1.66. The minimum atomic E-state index is -1.66. The zero-order valence-corrected chi connectivity index (χ0v) is 11.1. The zero-order valence-electron chi connectivity index (χ0n) is 10.1. The van der Waals surface area contributed by atoms with Crippen molar-refractivity contribution in [2.75, 3.05) is 6.61 Å². The van der Waals surface area contributed by atoms with Crippen molar-refractivity contribution in [2.24, 2.45) is 0 Å². The molecule has 0 amide bonds. The molecule has 0 saturated heterocycles. The van der Waals surface area contributed by atoms with Gasteiger partial charge in [0.2, 0.25) is 0 Å². The molecule has 0 aromatic carbocycles. The SMILES string of the molecule is C[C@@H](O)C#CCO[Si](C)(C)C(C)(C)C. The fourth-order valence-corrected chi connectivity index (χ4v) is 1.49. The van der Waals surface area contributed by atoms with Crippen LogP contribution in [0.25, 0.3) is 0 Å². The first-order valence-electron chi connectivity index (χ1n) is 4.97. The van der Waals surface area contributed by atoms with Crippen LogP contribution in [0.4, 0.5) is 0 Å². The van der Waals surface area contributed by atoms with Crippen molar-refractivity contribution in [3.05, 3.63) is 0 Å². The standard InChI is InChI=1S/C11H22O2Si/c1-10(12)8-7-9-13-14(5,6)11(2,3)4/h10,12H,9H2,1-6H3/t10-/m1/s1. The summed E-state index contributed by atoms with van der Waals surface area (Å²) >= 11 is 0. The summed E-state index contributed by atoms with van der Waals surface area (Å²) in [6.07, 6.45) is -0.557. The second-order valence-corrected chi connectivity index (χ2v) is 9.86. The van der Waals surface area contributed by atoms with E-state index >= 15 is 0 Å². The normalized spacial score (nSPS) is 14.5. The number of aliphatic hydroxyl groups is 1. The van der Waals surface area contributed by atoms with Crippen LogP contribution >= 0.6 is 0 Å². The van der Waals surface area contributed by atoms with E-state index in [1.54, 1.807) is 6.92 Å². The lowest BCUT2D eigenvalue weighted by Gasteiger charge is -2.35. The maximum atomic E-state index is 8.92. The lowest BCUT2D eigenvalue weighted by molar-refractivity contribution is 0.252. The highest BCUT2D eigenvalue weighted by Gasteiger charge is 2.36. The molecule has 0 saturated carbocycles. The van der Waals surface area contributed by atoms with Gasteiger partial charge in [0, 0.05) is 0 Å². The van der Waals surface area contributed by atoms with Crippen LogP contribution in [0.15, 0.2) is 0 Å². The third-order valence-corrected chi connectivity index (χ3v) is 7.10. The largest absolute Gasteiger partial charge is 0.406 e. The summed E-state index contributed by atoms with van der Waals surface area (Å²) in [6.45, 7) is 13.1. The summed E-state index contributed by atoms with van der Waals surface area (Å²) in [6, 6.07) is 0. The molecule has 0 unspecified atom stereocenters. The van der Waals surface area contributed by atoms with E-state index in [0.29, 0.717) is 6.61 Å². The first-order chi connectivity index (χ1) is 6.17. The number of aliphatic hydroxyl groups excluding tert-OH is 1. The lowest BCUT2D eigenvalue weighted by atomic mass is 10.2. The van der Waals surface area contributed by atoms with Gasteiger partial charge in [0.1, 0.15) is 6.10 Å². The van der Waals surface area contributed by atoms with Crippen LogP contribution in [0.1, 0.15) is 27.7 Å². The molecule has 0 heterocycles. The summed E-state index contributed by atoms with van der Waals surface area (Å²) in [5.74, 6) is 5.50. The average Bonchev–Trinajstić information content (AvgIpc) is 1.95. The molecule has 0 aliphatic rings. The zero-order chi connectivity index (χ0) is 11.4. The van der Waals surface area contributed by atoms with E-state index < -0.39 is 14.4 Å². The molecule has 0 fully saturated rings. The highest BCUT2D eigenvalue weighted by molar-refractivity contribution is 6.74. The van der Waals surface area contributed by atoms with Gasteiger partial charge in [-0.25, -0.2) is 0 Å². The first kappa shape index (κ1) is 13.7. The van der Waals surface area contributed by atoms with E-state index in [9.17, 15) is 0 Å². The number of rotatable bonds is 2. The van der Waals surface area contributed by atoms with Gasteiger partial charge in [-0.1, -0.05) is 32.6 Å². The molecule has 0 radical (unpaired) electrons. The lowest BCUT2D eigenvalue weighted by Crippen LogP contribution is -2.40. The second-order valence-electron chi connectivity index (χ2n) is 5.05. The Morgan fingerprint density at radius 2 is 1.86 bits per heavy atom. The van der Waals surface area contributed by atoms with Gasteiger partial charge in [-0.15, -0.1) is 0 Å². The molecule has 0 rings (SSSR count). The van der Waals surface area contributed by atoms with Gasteiger partial charge in [0.25, 0.3) is 0 Å². The summed E-state index contributed by atoms with van der Waals surface area (Å²) < 4.78 is 5.80. The molecule has 0 aromatic heterocycles. The highest BCUT2D eigenvalue weighted by atomic mass is 28.4. The fourth-order valence-electron chi connectivity index (χ4n) is 0.622. The Morgan fingerprint density at radius 3 is 2.21 bits per heavy atom. The van der Waals surface area contributed by atoms with E-state index in [1.807, 2.05) is 0 Å². The van der Waals surface area contributed by atoms with Gasteiger partial charge in [-0.05, 0) is 25.1 Å². The second kappa shape index (κ2) is 4.97. The van der Waals surface area contributed by atoms with Crippen molar-refractivity contribution < 1.29 is 9.53 Å². The molecule has 0 aromatic rings. The van der Waals surface area contributed by atoms with E-state index in [1.165, 1.54) is 0 Å². The van der Waals surface area contributed by atoms with Gasteiger partial charge in [-0.3, -0.25) is 0 Å². The maximum Gasteiger partial charge on any atom is 0.193 e. The first-order valence-corrected chi connectivity index (χ1v) is 7.88. The van der Waals surface area contributed by atoms with Crippen LogP contribution in [0.2, 0.25) is 18.1 Å². The van der Waals surface area contributed by atoms with Crippen molar-refractivity contribution >= 4 is 8.32 Å². The van der Waals surface area contributed by atoms with Crippen LogP contribution in [-0.4, -0.2) is 26.1 Å². The van der Waals surface area contributed by atoms with Gasteiger partial charge in [0.05, 0.1) is 6.61 Å². The Bertz CT molecular complexity index is 228. The Labute approximate surface area is 88.8 Å². The quantitative estimate of drug-likeness (QED) is 0.565. The van der Waals surface area contributed by atoms with Crippen molar-refractivity contribution in [3.8, 4) is 11.8 Å². The van der Waals surface area contributed by atoms with Crippen molar-refractivity contribution in [3.63, 3.8) is 0 Å². The molecule has 2 nitrogen and oxygen atoms in total. The summed E-state index contributed by atoms with van der Waals surface area (Å²) in [5.41, 5.74) is 0. The van der Waals surface area contributed by atoms with Crippen molar-refractivity contribution in [1.29, 1.82) is 0 Å². The van der Waals surface area contributed by atoms with Gasteiger partial charge in [-0.2, -0.15) is 0 Å². The minimum absolute atomic E-state index is 0.222. The van der Waals surface area contributed by atoms with Crippen molar-refractivity contribution in [2.45, 2.75) is 51.9 Å². The molecule has 0 spiro atoms. The van der Waals surface area contributed by atoms with Gasteiger partial charge in [0.15, 0.2) is 8.32 Å². The average molecular weight is 214 g/mol. The topological polar surface area (TPSA) is 29.5 Å². The van der Waals surface area contributed by atoms with E-state index in [4.69, 9.17) is 9.53 Å². The smallest absolute Gasteiger partial charge is 0.193 e. The minimum Gasteiger partial charge on any atom is -0.406 e.